The van der Waals surface area contributed by atoms with E-state index in [4.69, 9.17) is 37.0 Å². The highest BCUT2D eigenvalue weighted by Crippen LogP contribution is 2.45. The lowest BCUT2D eigenvalue weighted by atomic mass is 10.0. The third-order valence-electron chi connectivity index (χ3n) is 20.2. The number of unbranched alkanes of at least 4 members (excludes halogenated alkanes) is 55. The van der Waals surface area contributed by atoms with Crippen LogP contribution in [0.15, 0.2) is 0 Å². The molecule has 0 aliphatic heterocycles. The standard InChI is InChI=1S/C86H168O17P2/c1-7-9-11-13-15-17-19-21-23-24-25-26-27-28-29-35-39-43-47-51-59-65-70-85(90)102-81(74-96-83(88)68-62-56-49-45-41-37-34-31-30-33-36-40-44-48-54-60-66-78(3)4)76-100-104(92,93)98-72-80(87)73-99-105(94,95)101-77-82(75-97-84(89)69-63-57-53-52-55-61-67-79(5)6)103-86(91)71-64-58-50-46-42-38-32-22-20-18-16-14-12-10-8-2/h78-82,87H,7-77H2,1-6H3,(H,92,93)(H,94,95)/t80-,81-,82-/m1/s1. The normalized spacial score (nSPS) is 13.8. The van der Waals surface area contributed by atoms with Crippen LogP contribution in [0.5, 0.6) is 0 Å². The first kappa shape index (κ1) is 103. The van der Waals surface area contributed by atoms with Crippen molar-refractivity contribution in [1.29, 1.82) is 0 Å². The first-order chi connectivity index (χ1) is 50.9. The number of ether oxygens (including phenoxy) is 4. The molecule has 0 aliphatic rings. The first-order valence-corrected chi connectivity index (χ1v) is 47.5. The first-order valence-electron chi connectivity index (χ1n) is 44.5. The number of aliphatic hydroxyl groups is 1. The van der Waals surface area contributed by atoms with Crippen LogP contribution >= 0.6 is 15.6 Å². The number of hydrogen-bond acceptors (Lipinski definition) is 15. The molecule has 0 heterocycles. The van der Waals surface area contributed by atoms with Gasteiger partial charge in [0.15, 0.2) is 12.2 Å². The molecule has 0 radical (unpaired) electrons. The quantitative estimate of drug-likeness (QED) is 0.0222. The fourth-order valence-corrected chi connectivity index (χ4v) is 15.0. The van der Waals surface area contributed by atoms with Crippen LogP contribution in [0, 0.1) is 11.8 Å². The van der Waals surface area contributed by atoms with Crippen molar-refractivity contribution in [2.24, 2.45) is 11.8 Å². The van der Waals surface area contributed by atoms with Gasteiger partial charge in [0.2, 0.25) is 0 Å². The number of rotatable bonds is 85. The Hall–Kier alpha value is -1.94. The maximum Gasteiger partial charge on any atom is 0.472 e. The summed E-state index contributed by atoms with van der Waals surface area (Å²) in [5, 5.41) is 10.7. The van der Waals surface area contributed by atoms with Gasteiger partial charge in [-0.2, -0.15) is 0 Å². The average Bonchev–Trinajstić information content (AvgIpc) is 0.915. The molecular formula is C86H168O17P2. The van der Waals surface area contributed by atoms with Crippen LogP contribution in [0.3, 0.4) is 0 Å². The van der Waals surface area contributed by atoms with Gasteiger partial charge in [-0.1, -0.05) is 408 Å². The van der Waals surface area contributed by atoms with Gasteiger partial charge in [-0.25, -0.2) is 9.13 Å². The average molecular weight is 1540 g/mol. The topological polar surface area (TPSA) is 237 Å². The molecule has 2 unspecified atom stereocenters. The minimum atomic E-state index is -4.97. The van der Waals surface area contributed by atoms with E-state index in [9.17, 15) is 43.2 Å². The molecule has 5 atom stereocenters. The minimum Gasteiger partial charge on any atom is -0.462 e. The van der Waals surface area contributed by atoms with E-state index >= 15 is 0 Å². The molecular weight excluding hydrogens is 1370 g/mol. The predicted octanol–water partition coefficient (Wildman–Crippen LogP) is 26.2. The number of phosphoric acid groups is 2. The highest BCUT2D eigenvalue weighted by atomic mass is 31.2. The van der Waals surface area contributed by atoms with Crippen molar-refractivity contribution in [2.45, 2.75) is 477 Å². The van der Waals surface area contributed by atoms with E-state index in [1.54, 1.807) is 0 Å². The summed E-state index contributed by atoms with van der Waals surface area (Å²) in [6.45, 7) is 9.62. The van der Waals surface area contributed by atoms with E-state index in [1.807, 2.05) is 0 Å². The Kier molecular flexibility index (Phi) is 76.0. The summed E-state index contributed by atoms with van der Waals surface area (Å²) in [7, 11) is -9.93. The van der Waals surface area contributed by atoms with Crippen LogP contribution in [0.25, 0.3) is 0 Å². The Morgan fingerprint density at radius 1 is 0.257 bits per heavy atom. The Balaban J connectivity index is 5.20. The number of carbonyl (C=O) groups is 4. The third-order valence-corrected chi connectivity index (χ3v) is 22.1. The van der Waals surface area contributed by atoms with Gasteiger partial charge in [0, 0.05) is 25.7 Å². The van der Waals surface area contributed by atoms with E-state index in [1.165, 1.54) is 270 Å². The molecule has 17 nitrogen and oxygen atoms in total. The lowest BCUT2D eigenvalue weighted by Crippen LogP contribution is -2.30. The SMILES string of the molecule is CCCCCCCCCCCCCCCCCCCCCCCCC(=O)O[C@H](COC(=O)CCCCCCCCCCCCCCCCCCC(C)C)COP(=O)(O)OC[C@@H](O)COP(=O)(O)OC[C@@H](COC(=O)CCCCCCCCC(C)C)OC(=O)CCCCCCCCCCCCCCCCC. The van der Waals surface area contributed by atoms with Crippen LogP contribution in [-0.2, 0) is 65.4 Å². The van der Waals surface area contributed by atoms with Crippen LogP contribution < -0.4 is 0 Å². The second-order valence-electron chi connectivity index (χ2n) is 31.9. The molecule has 19 heteroatoms. The molecule has 3 N–H and O–H groups in total. The van der Waals surface area contributed by atoms with Crippen LogP contribution in [0.4, 0.5) is 0 Å². The Morgan fingerprint density at radius 3 is 0.648 bits per heavy atom. The van der Waals surface area contributed by atoms with Gasteiger partial charge in [-0.15, -0.1) is 0 Å². The van der Waals surface area contributed by atoms with Crippen LogP contribution in [-0.4, -0.2) is 96.7 Å². The number of hydrogen-bond donors (Lipinski definition) is 3. The molecule has 0 aromatic carbocycles. The number of carbonyl (C=O) groups excluding carboxylic acids is 4. The van der Waals surface area contributed by atoms with E-state index in [0.717, 1.165) is 102 Å². The molecule has 0 aromatic rings. The largest absolute Gasteiger partial charge is 0.472 e. The summed E-state index contributed by atoms with van der Waals surface area (Å²) in [6, 6.07) is 0. The highest BCUT2D eigenvalue weighted by Gasteiger charge is 2.30. The summed E-state index contributed by atoms with van der Waals surface area (Å²) in [4.78, 5) is 73.1. The molecule has 0 aliphatic carbocycles. The molecule has 0 rings (SSSR count). The van der Waals surface area contributed by atoms with Gasteiger partial charge in [0.25, 0.3) is 0 Å². The summed E-state index contributed by atoms with van der Waals surface area (Å²) in [6.07, 6.45) is 69.7. The Labute approximate surface area is 645 Å². The molecule has 0 spiro atoms. The number of phosphoric ester groups is 2. The van der Waals surface area contributed by atoms with Gasteiger partial charge in [0.1, 0.15) is 19.3 Å². The molecule has 0 aromatic heterocycles. The zero-order valence-electron chi connectivity index (χ0n) is 69.0. The lowest BCUT2D eigenvalue weighted by Gasteiger charge is -2.21. The molecule has 0 saturated carbocycles. The van der Waals surface area contributed by atoms with Crippen LogP contribution in [0.1, 0.15) is 459 Å². The van der Waals surface area contributed by atoms with Crippen molar-refractivity contribution in [3.05, 3.63) is 0 Å². The van der Waals surface area contributed by atoms with Gasteiger partial charge in [-0.3, -0.25) is 37.3 Å². The summed E-state index contributed by atoms with van der Waals surface area (Å²) in [5.74, 6) is -0.613. The van der Waals surface area contributed by atoms with Crippen molar-refractivity contribution in [1.82, 2.24) is 0 Å². The molecule has 624 valence electrons. The van der Waals surface area contributed by atoms with E-state index in [0.29, 0.717) is 31.6 Å². The summed E-state index contributed by atoms with van der Waals surface area (Å²) >= 11 is 0. The molecule has 0 amide bonds. The number of esters is 4. The molecule has 0 saturated heterocycles. The fraction of sp³-hybridized carbons (Fsp3) is 0.953. The fourth-order valence-electron chi connectivity index (χ4n) is 13.4. The third kappa shape index (κ3) is 79.9. The van der Waals surface area contributed by atoms with E-state index < -0.39 is 97.5 Å². The molecule has 0 bridgehead atoms. The van der Waals surface area contributed by atoms with E-state index in [-0.39, 0.29) is 25.7 Å². The maximum atomic E-state index is 13.1. The van der Waals surface area contributed by atoms with Gasteiger partial charge in [-0.05, 0) is 37.5 Å². The number of aliphatic hydroxyl groups excluding tert-OH is 1. The zero-order chi connectivity index (χ0) is 77.1. The van der Waals surface area contributed by atoms with Gasteiger partial charge < -0.3 is 33.8 Å². The summed E-state index contributed by atoms with van der Waals surface area (Å²) < 4.78 is 68.8. The van der Waals surface area contributed by atoms with Crippen LogP contribution in [0.2, 0.25) is 0 Å². The highest BCUT2D eigenvalue weighted by molar-refractivity contribution is 7.47. The molecule has 0 fully saturated rings. The zero-order valence-corrected chi connectivity index (χ0v) is 70.8. The second-order valence-corrected chi connectivity index (χ2v) is 34.8. The Morgan fingerprint density at radius 2 is 0.438 bits per heavy atom. The van der Waals surface area contributed by atoms with Crippen molar-refractivity contribution in [3.63, 3.8) is 0 Å². The smallest absolute Gasteiger partial charge is 0.462 e. The lowest BCUT2D eigenvalue weighted by molar-refractivity contribution is -0.161. The van der Waals surface area contributed by atoms with Crippen molar-refractivity contribution < 1.29 is 80.2 Å². The van der Waals surface area contributed by atoms with Gasteiger partial charge >= 0.3 is 39.5 Å². The van der Waals surface area contributed by atoms with Gasteiger partial charge in [0.05, 0.1) is 26.4 Å². The Bertz CT molecular complexity index is 2010. The second kappa shape index (κ2) is 77.4. The van der Waals surface area contributed by atoms with Crippen molar-refractivity contribution >= 4 is 39.5 Å². The van der Waals surface area contributed by atoms with E-state index in [2.05, 4.69) is 41.5 Å². The van der Waals surface area contributed by atoms with Crippen molar-refractivity contribution in [3.8, 4) is 0 Å². The minimum absolute atomic E-state index is 0.107. The predicted molar refractivity (Wildman–Crippen MR) is 432 cm³/mol. The molecule has 105 heavy (non-hydrogen) atoms. The van der Waals surface area contributed by atoms with Crippen molar-refractivity contribution in [2.75, 3.05) is 39.6 Å². The summed E-state index contributed by atoms with van der Waals surface area (Å²) in [5.41, 5.74) is 0. The monoisotopic (exact) mass is 1540 g/mol. The maximum absolute atomic E-state index is 13.1.